The number of amides is 1. The largest absolute Gasteiger partial charge is 0.455 e. The Morgan fingerprint density at radius 2 is 1.83 bits per heavy atom. The van der Waals surface area contributed by atoms with Gasteiger partial charge in [-0.2, -0.15) is 0 Å². The number of nitrogens with zero attached hydrogens (tertiary/aromatic N) is 1. The van der Waals surface area contributed by atoms with Gasteiger partial charge in [0.2, 0.25) is 0 Å². The van der Waals surface area contributed by atoms with Gasteiger partial charge in [-0.15, -0.1) is 11.8 Å². The van der Waals surface area contributed by atoms with E-state index in [0.717, 1.165) is 42.4 Å². The number of hydrogen-bond donors (Lipinski definition) is 1. The molecule has 154 valence electrons. The molecule has 1 heterocycles. The van der Waals surface area contributed by atoms with Gasteiger partial charge in [-0.1, -0.05) is 17.7 Å². The molecule has 1 saturated heterocycles. The SMILES string of the molecule is Cc1ccc(SCC(=O)OCC(=O)Nc2ccc(N3CCOCC3)cc2)c(C)c1. The zero-order chi connectivity index (χ0) is 20.6. The minimum atomic E-state index is -0.409. The fourth-order valence-corrected chi connectivity index (χ4v) is 3.87. The van der Waals surface area contributed by atoms with Crippen LogP contribution in [0.3, 0.4) is 0 Å². The van der Waals surface area contributed by atoms with Crippen LogP contribution in [0.4, 0.5) is 11.4 Å². The van der Waals surface area contributed by atoms with Gasteiger partial charge in [0.05, 0.1) is 19.0 Å². The zero-order valence-electron chi connectivity index (χ0n) is 16.8. The summed E-state index contributed by atoms with van der Waals surface area (Å²) in [6.07, 6.45) is 0. The van der Waals surface area contributed by atoms with Gasteiger partial charge in [0.1, 0.15) is 0 Å². The molecule has 1 aliphatic heterocycles. The van der Waals surface area contributed by atoms with Crippen LogP contribution in [-0.2, 0) is 19.1 Å². The highest BCUT2D eigenvalue weighted by Gasteiger charge is 2.12. The zero-order valence-corrected chi connectivity index (χ0v) is 17.6. The van der Waals surface area contributed by atoms with Crippen LogP contribution in [-0.4, -0.2) is 50.5 Å². The van der Waals surface area contributed by atoms with E-state index in [1.54, 1.807) is 0 Å². The number of aryl methyl sites for hydroxylation is 2. The van der Waals surface area contributed by atoms with Gasteiger partial charge in [-0.25, -0.2) is 0 Å². The number of ether oxygens (including phenoxy) is 2. The first-order valence-corrected chi connectivity index (χ1v) is 10.6. The van der Waals surface area contributed by atoms with Crippen molar-refractivity contribution in [2.45, 2.75) is 18.7 Å². The molecule has 0 aliphatic carbocycles. The number of nitrogens with one attached hydrogen (secondary N) is 1. The van der Waals surface area contributed by atoms with Crippen LogP contribution >= 0.6 is 11.8 Å². The Bertz CT molecular complexity index is 848. The van der Waals surface area contributed by atoms with E-state index in [-0.39, 0.29) is 18.3 Å². The highest BCUT2D eigenvalue weighted by molar-refractivity contribution is 8.00. The van der Waals surface area contributed by atoms with E-state index < -0.39 is 5.97 Å². The summed E-state index contributed by atoms with van der Waals surface area (Å²) in [5.74, 6) is -0.590. The molecule has 3 rings (SSSR count). The molecule has 6 nitrogen and oxygen atoms in total. The fraction of sp³-hybridized carbons (Fsp3) is 0.364. The molecule has 0 radical (unpaired) electrons. The normalized spacial score (nSPS) is 13.8. The summed E-state index contributed by atoms with van der Waals surface area (Å²) >= 11 is 1.41. The Hall–Kier alpha value is -2.51. The van der Waals surface area contributed by atoms with Crippen molar-refractivity contribution in [3.8, 4) is 0 Å². The number of thioether (sulfide) groups is 1. The highest BCUT2D eigenvalue weighted by atomic mass is 32.2. The molecule has 0 bridgehead atoms. The number of rotatable bonds is 7. The summed E-state index contributed by atoms with van der Waals surface area (Å²) in [6, 6.07) is 13.7. The van der Waals surface area contributed by atoms with E-state index in [0.29, 0.717) is 5.69 Å². The maximum atomic E-state index is 12.0. The Kier molecular flexibility index (Phi) is 7.55. The lowest BCUT2D eigenvalue weighted by molar-refractivity contribution is -0.144. The monoisotopic (exact) mass is 414 g/mol. The molecule has 7 heteroatoms. The van der Waals surface area contributed by atoms with Gasteiger partial charge in [0.25, 0.3) is 5.91 Å². The molecule has 1 fully saturated rings. The smallest absolute Gasteiger partial charge is 0.316 e. The fourth-order valence-electron chi connectivity index (χ4n) is 3.06. The van der Waals surface area contributed by atoms with E-state index in [1.807, 2.05) is 50.2 Å². The second-order valence-corrected chi connectivity index (χ2v) is 7.93. The minimum absolute atomic E-state index is 0.172. The van der Waals surface area contributed by atoms with Gasteiger partial charge in [0.15, 0.2) is 6.61 Å². The van der Waals surface area contributed by atoms with Crippen molar-refractivity contribution >= 4 is 35.0 Å². The maximum Gasteiger partial charge on any atom is 0.316 e. The summed E-state index contributed by atoms with van der Waals surface area (Å²) in [5.41, 5.74) is 4.08. The van der Waals surface area contributed by atoms with Gasteiger partial charge in [0, 0.05) is 29.4 Å². The third-order valence-electron chi connectivity index (χ3n) is 4.57. The van der Waals surface area contributed by atoms with Crippen molar-refractivity contribution in [2.75, 3.05) is 48.9 Å². The van der Waals surface area contributed by atoms with Crippen LogP contribution in [0.15, 0.2) is 47.4 Å². The number of esters is 1. The molecule has 2 aromatic rings. The van der Waals surface area contributed by atoms with Crippen molar-refractivity contribution in [3.05, 3.63) is 53.6 Å². The van der Waals surface area contributed by atoms with Gasteiger partial charge in [-0.05, 0) is 49.7 Å². The summed E-state index contributed by atoms with van der Waals surface area (Å²) in [7, 11) is 0. The summed E-state index contributed by atoms with van der Waals surface area (Å²) < 4.78 is 10.4. The lowest BCUT2D eigenvalue weighted by Crippen LogP contribution is -2.36. The molecule has 0 saturated carbocycles. The maximum absolute atomic E-state index is 12.0. The molecular weight excluding hydrogens is 388 g/mol. The number of benzene rings is 2. The molecule has 1 aliphatic rings. The van der Waals surface area contributed by atoms with E-state index in [4.69, 9.17) is 9.47 Å². The third-order valence-corrected chi connectivity index (χ3v) is 5.72. The average Bonchev–Trinajstić information content (AvgIpc) is 2.73. The Morgan fingerprint density at radius 1 is 1.10 bits per heavy atom. The molecule has 0 unspecified atom stereocenters. The number of morpholine rings is 1. The standard InChI is InChI=1S/C22H26N2O4S/c1-16-3-8-20(17(2)13-16)29-15-22(26)28-14-21(25)23-18-4-6-19(7-5-18)24-9-11-27-12-10-24/h3-8,13H,9-12,14-15H2,1-2H3,(H,23,25). The average molecular weight is 415 g/mol. The number of carbonyl (C=O) groups excluding carboxylic acids is 2. The first-order chi connectivity index (χ1) is 14.0. The Morgan fingerprint density at radius 3 is 2.52 bits per heavy atom. The quantitative estimate of drug-likeness (QED) is 0.553. The van der Waals surface area contributed by atoms with E-state index >= 15 is 0 Å². The summed E-state index contributed by atoms with van der Waals surface area (Å²) in [5, 5.41) is 2.75. The highest BCUT2D eigenvalue weighted by Crippen LogP contribution is 2.23. The van der Waals surface area contributed by atoms with Crippen molar-refractivity contribution in [3.63, 3.8) is 0 Å². The second kappa shape index (κ2) is 10.3. The van der Waals surface area contributed by atoms with E-state index in [9.17, 15) is 9.59 Å². The molecule has 1 N–H and O–H groups in total. The molecule has 1 amide bonds. The summed E-state index contributed by atoms with van der Waals surface area (Å²) in [6.45, 7) is 6.93. The summed E-state index contributed by atoms with van der Waals surface area (Å²) in [4.78, 5) is 27.3. The topological polar surface area (TPSA) is 67.9 Å². The number of carbonyl (C=O) groups is 2. The molecule has 29 heavy (non-hydrogen) atoms. The molecule has 0 aromatic heterocycles. The number of anilines is 2. The first-order valence-electron chi connectivity index (χ1n) is 9.59. The number of hydrogen-bond acceptors (Lipinski definition) is 6. The van der Waals surface area contributed by atoms with Crippen LogP contribution in [0.1, 0.15) is 11.1 Å². The molecular formula is C22H26N2O4S. The predicted octanol–water partition coefficient (Wildman–Crippen LogP) is 3.41. The Labute approximate surface area is 175 Å². The molecule has 0 atom stereocenters. The first kappa shape index (κ1) is 21.2. The lowest BCUT2D eigenvalue weighted by Gasteiger charge is -2.28. The van der Waals surface area contributed by atoms with Gasteiger partial charge in [-0.3, -0.25) is 9.59 Å². The lowest BCUT2D eigenvalue weighted by atomic mass is 10.2. The van der Waals surface area contributed by atoms with Gasteiger partial charge < -0.3 is 19.7 Å². The Balaban J connectivity index is 1.40. The van der Waals surface area contributed by atoms with Gasteiger partial charge >= 0.3 is 5.97 Å². The van der Waals surface area contributed by atoms with Crippen molar-refractivity contribution in [1.82, 2.24) is 0 Å². The van der Waals surface area contributed by atoms with Crippen LogP contribution in [0, 0.1) is 13.8 Å². The van der Waals surface area contributed by atoms with E-state index in [1.165, 1.54) is 17.3 Å². The molecule has 0 spiro atoms. The van der Waals surface area contributed by atoms with Crippen LogP contribution < -0.4 is 10.2 Å². The molecule has 2 aromatic carbocycles. The van der Waals surface area contributed by atoms with Crippen LogP contribution in [0.25, 0.3) is 0 Å². The van der Waals surface area contributed by atoms with Crippen LogP contribution in [0.5, 0.6) is 0 Å². The minimum Gasteiger partial charge on any atom is -0.455 e. The second-order valence-electron chi connectivity index (χ2n) is 6.91. The van der Waals surface area contributed by atoms with Crippen LogP contribution in [0.2, 0.25) is 0 Å². The van der Waals surface area contributed by atoms with E-state index in [2.05, 4.69) is 16.3 Å². The van der Waals surface area contributed by atoms with Crippen molar-refractivity contribution < 1.29 is 19.1 Å². The van der Waals surface area contributed by atoms with Crippen molar-refractivity contribution in [2.24, 2.45) is 0 Å². The third kappa shape index (κ3) is 6.51. The van der Waals surface area contributed by atoms with Crippen molar-refractivity contribution in [1.29, 1.82) is 0 Å². The predicted molar refractivity (Wildman–Crippen MR) is 116 cm³/mol.